The Morgan fingerprint density at radius 3 is 2.42 bits per heavy atom. The highest BCUT2D eigenvalue weighted by Crippen LogP contribution is 2.30. The Bertz CT molecular complexity index is 1030. The summed E-state index contributed by atoms with van der Waals surface area (Å²) < 4.78 is 11.1. The van der Waals surface area contributed by atoms with Gasteiger partial charge in [0.15, 0.2) is 0 Å². The minimum Gasteiger partial charge on any atom is -0.465 e. The number of amides is 5. The van der Waals surface area contributed by atoms with Crippen molar-refractivity contribution < 1.29 is 38.6 Å². The summed E-state index contributed by atoms with van der Waals surface area (Å²) in [6, 6.07) is 4.08. The van der Waals surface area contributed by atoms with E-state index in [9.17, 15) is 29.1 Å². The van der Waals surface area contributed by atoms with Crippen LogP contribution in [0, 0.1) is 0 Å². The lowest BCUT2D eigenvalue weighted by Gasteiger charge is -2.32. The summed E-state index contributed by atoms with van der Waals surface area (Å²) in [4.78, 5) is 63.2. The Morgan fingerprint density at radius 2 is 1.78 bits per heavy atom. The first-order valence-corrected chi connectivity index (χ1v) is 12.0. The van der Waals surface area contributed by atoms with E-state index in [0.29, 0.717) is 43.8 Å². The lowest BCUT2D eigenvalue weighted by Crippen LogP contribution is -2.54. The first-order chi connectivity index (χ1) is 17.0. The van der Waals surface area contributed by atoms with Crippen LogP contribution in [-0.4, -0.2) is 89.2 Å². The molecule has 0 radical (unpaired) electrons. The normalized spacial score (nSPS) is 17.9. The lowest BCUT2D eigenvalue weighted by molar-refractivity contribution is -0.136. The minimum atomic E-state index is -0.991. The van der Waals surface area contributed by atoms with E-state index in [-0.39, 0.29) is 31.6 Å². The number of carbonyl (C=O) groups excluding carboxylic acids is 4. The van der Waals surface area contributed by atoms with Crippen LogP contribution in [-0.2, 0) is 25.5 Å². The molecule has 1 aromatic rings. The van der Waals surface area contributed by atoms with Gasteiger partial charge < -0.3 is 19.5 Å². The smallest absolute Gasteiger partial charge is 0.407 e. The number of hydrogen-bond donors (Lipinski definition) is 2. The fourth-order valence-corrected chi connectivity index (χ4v) is 4.35. The summed E-state index contributed by atoms with van der Waals surface area (Å²) in [5, 5.41) is 11.5. The molecule has 196 valence electrons. The number of ether oxygens (including phenoxy) is 2. The van der Waals surface area contributed by atoms with E-state index in [2.05, 4.69) is 5.32 Å². The van der Waals surface area contributed by atoms with Gasteiger partial charge in [-0.1, -0.05) is 12.1 Å². The second-order valence-electron chi connectivity index (χ2n) is 9.72. The highest BCUT2D eigenvalue weighted by molar-refractivity contribution is 6.24. The average molecular weight is 504 g/mol. The van der Waals surface area contributed by atoms with Crippen molar-refractivity contribution in [3.63, 3.8) is 0 Å². The first kappa shape index (κ1) is 27.3. The summed E-state index contributed by atoms with van der Waals surface area (Å²) in [5.41, 5.74) is 0.768. The molecule has 1 unspecified atom stereocenters. The standard InChI is InChI=1S/C25H33N3O8/c1-25(2,3)27(24(33)34)11-13-36-15-14-35-12-5-7-16-6-4-8-17-20(16)23(32)28(22(17)31)18-9-10-19(29)26-21(18)30/h4,6,8,18H,5,7,9-15H2,1-3H3,(H,33,34)(H,26,29,30). The zero-order valence-electron chi connectivity index (χ0n) is 20.9. The summed E-state index contributed by atoms with van der Waals surface area (Å²) >= 11 is 0. The largest absolute Gasteiger partial charge is 0.465 e. The molecule has 2 heterocycles. The van der Waals surface area contributed by atoms with Crippen LogP contribution in [0.4, 0.5) is 4.79 Å². The van der Waals surface area contributed by atoms with Crippen LogP contribution in [0.15, 0.2) is 18.2 Å². The maximum absolute atomic E-state index is 13.1. The summed E-state index contributed by atoms with van der Waals surface area (Å²) in [7, 11) is 0. The van der Waals surface area contributed by atoms with Crippen molar-refractivity contribution in [2.24, 2.45) is 0 Å². The van der Waals surface area contributed by atoms with Crippen LogP contribution in [0.1, 0.15) is 66.3 Å². The average Bonchev–Trinajstić information content (AvgIpc) is 3.05. The van der Waals surface area contributed by atoms with Gasteiger partial charge >= 0.3 is 6.09 Å². The van der Waals surface area contributed by atoms with Crippen LogP contribution < -0.4 is 5.32 Å². The molecular weight excluding hydrogens is 470 g/mol. The maximum Gasteiger partial charge on any atom is 0.407 e. The molecule has 3 rings (SSSR count). The van der Waals surface area contributed by atoms with Gasteiger partial charge in [0, 0.05) is 25.1 Å². The number of piperidine rings is 1. The third-order valence-corrected chi connectivity index (χ3v) is 6.16. The van der Waals surface area contributed by atoms with Gasteiger partial charge in [0.1, 0.15) is 6.04 Å². The quantitative estimate of drug-likeness (QED) is 0.344. The van der Waals surface area contributed by atoms with Gasteiger partial charge in [0.2, 0.25) is 11.8 Å². The van der Waals surface area contributed by atoms with Crippen molar-refractivity contribution in [2.45, 2.75) is 58.0 Å². The third kappa shape index (κ3) is 6.27. The number of nitrogens with zero attached hydrogens (tertiary/aromatic N) is 2. The number of imide groups is 2. The van der Waals surface area contributed by atoms with Gasteiger partial charge in [-0.05, 0) is 51.7 Å². The fraction of sp³-hybridized carbons (Fsp3) is 0.560. The number of nitrogens with one attached hydrogen (secondary N) is 1. The van der Waals surface area contributed by atoms with E-state index < -0.39 is 41.3 Å². The molecule has 5 amide bonds. The highest BCUT2D eigenvalue weighted by atomic mass is 16.5. The summed E-state index contributed by atoms with van der Waals surface area (Å²) in [6.45, 7) is 7.08. The maximum atomic E-state index is 13.1. The molecule has 36 heavy (non-hydrogen) atoms. The Kier molecular flexibility index (Phi) is 8.80. The molecule has 1 aromatic carbocycles. The second-order valence-corrected chi connectivity index (χ2v) is 9.72. The van der Waals surface area contributed by atoms with E-state index in [1.807, 2.05) is 20.8 Å². The van der Waals surface area contributed by atoms with Crippen molar-refractivity contribution >= 4 is 29.7 Å². The molecule has 2 aliphatic rings. The molecule has 11 nitrogen and oxygen atoms in total. The zero-order chi connectivity index (χ0) is 26.5. The van der Waals surface area contributed by atoms with E-state index in [4.69, 9.17) is 9.47 Å². The molecule has 1 saturated heterocycles. The number of benzene rings is 1. The Balaban J connectivity index is 1.43. The van der Waals surface area contributed by atoms with E-state index >= 15 is 0 Å². The second kappa shape index (κ2) is 11.6. The van der Waals surface area contributed by atoms with E-state index in [1.165, 1.54) is 4.90 Å². The fourth-order valence-electron chi connectivity index (χ4n) is 4.35. The van der Waals surface area contributed by atoms with Crippen molar-refractivity contribution in [3.8, 4) is 0 Å². The summed E-state index contributed by atoms with van der Waals surface area (Å²) in [5.74, 6) is -2.08. The molecule has 2 aliphatic heterocycles. The predicted molar refractivity (Wildman–Crippen MR) is 128 cm³/mol. The number of aryl methyl sites for hydroxylation is 1. The number of carbonyl (C=O) groups is 5. The molecule has 0 saturated carbocycles. The Hall–Kier alpha value is -3.31. The molecule has 11 heteroatoms. The predicted octanol–water partition coefficient (Wildman–Crippen LogP) is 1.83. The number of hydrogen-bond acceptors (Lipinski definition) is 7. The Morgan fingerprint density at radius 1 is 1.08 bits per heavy atom. The number of carboxylic acid groups (broad SMARTS) is 1. The van der Waals surface area contributed by atoms with Crippen LogP contribution >= 0.6 is 0 Å². The van der Waals surface area contributed by atoms with Gasteiger partial charge in [-0.3, -0.25) is 29.4 Å². The van der Waals surface area contributed by atoms with Crippen molar-refractivity contribution in [1.29, 1.82) is 0 Å². The minimum absolute atomic E-state index is 0.0755. The molecule has 0 aliphatic carbocycles. The van der Waals surface area contributed by atoms with Crippen LogP contribution in [0.3, 0.4) is 0 Å². The van der Waals surface area contributed by atoms with Gasteiger partial charge in [-0.2, -0.15) is 0 Å². The molecule has 2 N–H and O–H groups in total. The van der Waals surface area contributed by atoms with Crippen molar-refractivity contribution in [3.05, 3.63) is 34.9 Å². The monoisotopic (exact) mass is 503 g/mol. The van der Waals surface area contributed by atoms with Gasteiger partial charge in [0.05, 0.1) is 30.9 Å². The molecule has 1 atom stereocenters. The van der Waals surface area contributed by atoms with E-state index in [1.54, 1.807) is 18.2 Å². The molecule has 0 spiro atoms. The SMILES string of the molecule is CC(C)(C)N(CCOCCOCCCc1cccc2c1C(=O)N(C1CCC(=O)NC1=O)C2=O)C(=O)O. The third-order valence-electron chi connectivity index (χ3n) is 6.16. The molecule has 0 aromatic heterocycles. The molecule has 1 fully saturated rings. The summed E-state index contributed by atoms with van der Waals surface area (Å²) in [6.07, 6.45) is 0.312. The first-order valence-electron chi connectivity index (χ1n) is 12.0. The van der Waals surface area contributed by atoms with Crippen molar-refractivity contribution in [2.75, 3.05) is 33.0 Å². The Labute approximate surface area is 209 Å². The zero-order valence-corrected chi connectivity index (χ0v) is 20.9. The van der Waals surface area contributed by atoms with Gasteiger partial charge in [-0.15, -0.1) is 0 Å². The molecule has 0 bridgehead atoms. The van der Waals surface area contributed by atoms with E-state index in [0.717, 1.165) is 4.90 Å². The topological polar surface area (TPSA) is 143 Å². The van der Waals surface area contributed by atoms with Crippen LogP contribution in [0.2, 0.25) is 0 Å². The number of rotatable bonds is 11. The highest BCUT2D eigenvalue weighted by Gasteiger charge is 2.45. The van der Waals surface area contributed by atoms with Crippen molar-refractivity contribution in [1.82, 2.24) is 15.1 Å². The molecular formula is C25H33N3O8. The van der Waals surface area contributed by atoms with Gasteiger partial charge in [0.25, 0.3) is 11.8 Å². The van der Waals surface area contributed by atoms with Crippen LogP contribution in [0.5, 0.6) is 0 Å². The number of fused-ring (bicyclic) bond motifs is 1. The van der Waals surface area contributed by atoms with Gasteiger partial charge in [-0.25, -0.2) is 4.79 Å². The lowest BCUT2D eigenvalue weighted by atomic mass is 9.99. The van der Waals surface area contributed by atoms with Crippen LogP contribution in [0.25, 0.3) is 0 Å².